The lowest BCUT2D eigenvalue weighted by Gasteiger charge is -2.10. The molecule has 0 aliphatic rings. The van der Waals surface area contributed by atoms with Gasteiger partial charge in [0.05, 0.1) is 23.7 Å². The van der Waals surface area contributed by atoms with Crippen LogP contribution in [0.3, 0.4) is 0 Å². The highest BCUT2D eigenvalue weighted by atomic mass is 35.5. The number of anilines is 1. The summed E-state index contributed by atoms with van der Waals surface area (Å²) in [6, 6.07) is 3.29. The van der Waals surface area contributed by atoms with Gasteiger partial charge >= 0.3 is 6.18 Å². The number of nitrogens with two attached hydrogens (primary N) is 1. The monoisotopic (exact) mass is 319 g/mol. The molecule has 0 spiro atoms. The summed E-state index contributed by atoms with van der Waals surface area (Å²) in [5.74, 6) is 0.444. The second-order valence-electron chi connectivity index (χ2n) is 3.87. The van der Waals surface area contributed by atoms with Crippen LogP contribution in [0.15, 0.2) is 35.5 Å². The first-order chi connectivity index (χ1) is 9.36. The SMILES string of the molecule is Nc1cc(C(F)(F)F)ccc1SCc1cnc(Cl)cn1. The summed E-state index contributed by atoms with van der Waals surface area (Å²) in [6.07, 6.45) is -1.47. The molecule has 0 saturated heterocycles. The molecule has 2 N–H and O–H groups in total. The third kappa shape index (κ3) is 3.77. The van der Waals surface area contributed by atoms with Crippen LogP contribution in [0.1, 0.15) is 11.3 Å². The van der Waals surface area contributed by atoms with Gasteiger partial charge in [-0.25, -0.2) is 4.98 Å². The number of hydrogen-bond acceptors (Lipinski definition) is 4. The summed E-state index contributed by atoms with van der Waals surface area (Å²) in [5.41, 5.74) is 5.62. The van der Waals surface area contributed by atoms with Crippen molar-refractivity contribution in [3.8, 4) is 0 Å². The number of thioether (sulfide) groups is 1. The predicted octanol–water partition coefficient (Wildman–Crippen LogP) is 4.02. The second-order valence-corrected chi connectivity index (χ2v) is 5.27. The molecule has 0 radical (unpaired) electrons. The van der Waals surface area contributed by atoms with Crippen molar-refractivity contribution in [3.05, 3.63) is 47.0 Å². The molecule has 0 aliphatic heterocycles. The largest absolute Gasteiger partial charge is 0.416 e. The Kier molecular flexibility index (Phi) is 4.39. The maximum absolute atomic E-state index is 12.5. The van der Waals surface area contributed by atoms with Crippen LogP contribution in [0, 0.1) is 0 Å². The van der Waals surface area contributed by atoms with Crippen LogP contribution in [0.4, 0.5) is 18.9 Å². The zero-order chi connectivity index (χ0) is 14.8. The fourth-order valence-corrected chi connectivity index (χ4v) is 2.36. The lowest BCUT2D eigenvalue weighted by atomic mass is 10.2. The van der Waals surface area contributed by atoms with Gasteiger partial charge in [-0.15, -0.1) is 11.8 Å². The van der Waals surface area contributed by atoms with Gasteiger partial charge in [0.1, 0.15) is 5.15 Å². The van der Waals surface area contributed by atoms with E-state index in [1.165, 1.54) is 30.2 Å². The van der Waals surface area contributed by atoms with Gasteiger partial charge in [-0.3, -0.25) is 4.98 Å². The maximum Gasteiger partial charge on any atom is 0.416 e. The summed E-state index contributed by atoms with van der Waals surface area (Å²) in [7, 11) is 0. The van der Waals surface area contributed by atoms with Crippen LogP contribution in [0.5, 0.6) is 0 Å². The topological polar surface area (TPSA) is 51.8 Å². The molecule has 1 aromatic heterocycles. The summed E-state index contributed by atoms with van der Waals surface area (Å²) >= 11 is 6.89. The molecule has 2 aromatic rings. The molecule has 20 heavy (non-hydrogen) atoms. The Balaban J connectivity index is 2.08. The van der Waals surface area contributed by atoms with E-state index in [0.29, 0.717) is 16.3 Å². The quantitative estimate of drug-likeness (QED) is 0.685. The van der Waals surface area contributed by atoms with Crippen molar-refractivity contribution >= 4 is 29.1 Å². The molecular weight excluding hydrogens is 311 g/mol. The number of halogens is 4. The summed E-state index contributed by atoms with van der Waals surface area (Å²) < 4.78 is 37.5. The molecule has 1 aromatic carbocycles. The first kappa shape index (κ1) is 14.9. The number of hydrogen-bond donors (Lipinski definition) is 1. The van der Waals surface area contributed by atoms with Gasteiger partial charge in [0.25, 0.3) is 0 Å². The molecule has 2 rings (SSSR count). The number of nitrogen functional groups attached to an aromatic ring is 1. The Morgan fingerprint density at radius 1 is 1.20 bits per heavy atom. The summed E-state index contributed by atoms with van der Waals surface area (Å²) in [6.45, 7) is 0. The van der Waals surface area contributed by atoms with Crippen molar-refractivity contribution < 1.29 is 13.2 Å². The number of benzene rings is 1. The van der Waals surface area contributed by atoms with E-state index in [9.17, 15) is 13.2 Å². The van der Waals surface area contributed by atoms with E-state index in [0.717, 1.165) is 12.1 Å². The first-order valence-corrected chi connectivity index (χ1v) is 6.78. The second kappa shape index (κ2) is 5.88. The van der Waals surface area contributed by atoms with E-state index in [2.05, 4.69) is 9.97 Å². The highest BCUT2D eigenvalue weighted by molar-refractivity contribution is 7.98. The van der Waals surface area contributed by atoms with Crippen molar-refractivity contribution in [3.63, 3.8) is 0 Å². The highest BCUT2D eigenvalue weighted by Gasteiger charge is 2.30. The standard InChI is InChI=1S/C12H9ClF3N3S/c13-11-5-18-8(4-19-11)6-20-10-2-1-7(3-9(10)17)12(14,15)16/h1-5H,6,17H2. The van der Waals surface area contributed by atoms with E-state index in [4.69, 9.17) is 17.3 Å². The Labute approximate surface area is 122 Å². The third-order valence-electron chi connectivity index (χ3n) is 2.39. The van der Waals surface area contributed by atoms with Crippen molar-refractivity contribution in [2.45, 2.75) is 16.8 Å². The number of alkyl halides is 3. The maximum atomic E-state index is 12.5. The molecule has 0 atom stereocenters. The van der Waals surface area contributed by atoms with E-state index in [-0.39, 0.29) is 10.8 Å². The van der Waals surface area contributed by atoms with Crippen LogP contribution in [-0.4, -0.2) is 9.97 Å². The molecule has 0 fully saturated rings. The van der Waals surface area contributed by atoms with Crippen molar-refractivity contribution in [1.82, 2.24) is 9.97 Å². The minimum absolute atomic E-state index is 0.0896. The number of aromatic nitrogens is 2. The molecule has 1 heterocycles. The molecule has 3 nitrogen and oxygen atoms in total. The van der Waals surface area contributed by atoms with E-state index in [1.54, 1.807) is 0 Å². The van der Waals surface area contributed by atoms with Crippen LogP contribution in [-0.2, 0) is 11.9 Å². The summed E-state index contributed by atoms with van der Waals surface area (Å²) in [5, 5.41) is 0.285. The smallest absolute Gasteiger partial charge is 0.398 e. The fourth-order valence-electron chi connectivity index (χ4n) is 1.42. The Bertz CT molecular complexity index is 602. The van der Waals surface area contributed by atoms with E-state index < -0.39 is 11.7 Å². The Morgan fingerprint density at radius 2 is 1.95 bits per heavy atom. The minimum atomic E-state index is -4.39. The molecule has 0 unspecified atom stereocenters. The molecule has 0 saturated carbocycles. The van der Waals surface area contributed by atoms with Gasteiger partial charge < -0.3 is 5.73 Å². The minimum Gasteiger partial charge on any atom is -0.398 e. The Morgan fingerprint density at radius 3 is 2.50 bits per heavy atom. The third-order valence-corrected chi connectivity index (χ3v) is 3.70. The highest BCUT2D eigenvalue weighted by Crippen LogP contribution is 2.35. The van der Waals surface area contributed by atoms with Gasteiger partial charge in [-0.2, -0.15) is 13.2 Å². The predicted molar refractivity (Wildman–Crippen MR) is 72.5 cm³/mol. The molecule has 106 valence electrons. The molecule has 0 amide bonds. The van der Waals surface area contributed by atoms with Crippen LogP contribution in [0.2, 0.25) is 5.15 Å². The normalized spacial score (nSPS) is 11.6. The first-order valence-electron chi connectivity index (χ1n) is 5.42. The molecule has 8 heteroatoms. The number of nitrogens with zero attached hydrogens (tertiary/aromatic N) is 2. The van der Waals surface area contributed by atoms with Crippen molar-refractivity contribution in [1.29, 1.82) is 0 Å². The Hall–Kier alpha value is -1.47. The average Bonchev–Trinajstić information content (AvgIpc) is 2.38. The average molecular weight is 320 g/mol. The van der Waals surface area contributed by atoms with Crippen LogP contribution in [0.25, 0.3) is 0 Å². The lowest BCUT2D eigenvalue weighted by Crippen LogP contribution is -2.05. The fraction of sp³-hybridized carbons (Fsp3) is 0.167. The van der Waals surface area contributed by atoms with Crippen molar-refractivity contribution in [2.24, 2.45) is 0 Å². The van der Waals surface area contributed by atoms with Crippen LogP contribution < -0.4 is 5.73 Å². The molecule has 0 aliphatic carbocycles. The van der Waals surface area contributed by atoms with Gasteiger partial charge in [-0.1, -0.05) is 11.6 Å². The van der Waals surface area contributed by atoms with Gasteiger partial charge in [0.15, 0.2) is 0 Å². The lowest BCUT2D eigenvalue weighted by molar-refractivity contribution is -0.137. The molecule has 0 bridgehead atoms. The van der Waals surface area contributed by atoms with E-state index in [1.807, 2.05) is 0 Å². The number of rotatable bonds is 3. The zero-order valence-electron chi connectivity index (χ0n) is 9.99. The zero-order valence-corrected chi connectivity index (χ0v) is 11.6. The van der Waals surface area contributed by atoms with Crippen LogP contribution >= 0.6 is 23.4 Å². The van der Waals surface area contributed by atoms with E-state index >= 15 is 0 Å². The molecular formula is C12H9ClF3N3S. The van der Waals surface area contributed by atoms with Gasteiger partial charge in [-0.05, 0) is 18.2 Å². The van der Waals surface area contributed by atoms with Crippen molar-refractivity contribution in [2.75, 3.05) is 5.73 Å². The van der Waals surface area contributed by atoms with Gasteiger partial charge in [0.2, 0.25) is 0 Å². The van der Waals surface area contributed by atoms with Gasteiger partial charge in [0, 0.05) is 16.3 Å². The summed E-state index contributed by atoms with van der Waals surface area (Å²) in [4.78, 5) is 8.48.